The number of alkyl halides is 3. The van der Waals surface area contributed by atoms with Gasteiger partial charge in [0.2, 0.25) is 5.89 Å². The van der Waals surface area contributed by atoms with Gasteiger partial charge in [-0.1, -0.05) is 13.0 Å². The number of nitrogens with zero attached hydrogens (tertiary/aromatic N) is 1. The molecule has 6 nitrogen and oxygen atoms in total. The van der Waals surface area contributed by atoms with E-state index in [2.05, 4.69) is 9.97 Å². The third-order valence-electron chi connectivity index (χ3n) is 6.01. The van der Waals surface area contributed by atoms with E-state index in [1.165, 1.54) is 12.1 Å². The molecule has 4 aromatic rings. The van der Waals surface area contributed by atoms with Crippen molar-refractivity contribution in [1.82, 2.24) is 9.97 Å². The fourth-order valence-electron chi connectivity index (χ4n) is 4.19. The Morgan fingerprint density at radius 1 is 1.20 bits per heavy atom. The zero-order valence-electron chi connectivity index (χ0n) is 19.4. The summed E-state index contributed by atoms with van der Waals surface area (Å²) in [5.41, 5.74) is 3.06. The van der Waals surface area contributed by atoms with Crippen molar-refractivity contribution in [2.24, 2.45) is 0 Å². The first-order chi connectivity index (χ1) is 16.6. The number of carboxylic acids is 1. The summed E-state index contributed by atoms with van der Waals surface area (Å²) in [4.78, 5) is 19.3. The van der Waals surface area contributed by atoms with Crippen LogP contribution >= 0.6 is 0 Å². The number of H-pyrrole nitrogens is 1. The second kappa shape index (κ2) is 9.58. The Balaban J connectivity index is 1.63. The third-order valence-corrected chi connectivity index (χ3v) is 6.01. The summed E-state index contributed by atoms with van der Waals surface area (Å²) < 4.78 is 49.8. The number of carbonyl (C=O) groups is 1. The van der Waals surface area contributed by atoms with Gasteiger partial charge in [-0.3, -0.25) is 0 Å². The van der Waals surface area contributed by atoms with Crippen LogP contribution in [0.4, 0.5) is 13.2 Å². The Labute approximate surface area is 199 Å². The molecule has 0 spiro atoms. The van der Waals surface area contributed by atoms with Crippen molar-refractivity contribution < 1.29 is 32.2 Å². The lowest BCUT2D eigenvalue weighted by atomic mass is 9.95. The Hall–Kier alpha value is -3.59. The maximum Gasteiger partial charge on any atom is 0.416 e. The van der Waals surface area contributed by atoms with E-state index >= 15 is 0 Å². The topological polar surface area (TPSA) is 88.4 Å². The number of benzene rings is 2. The van der Waals surface area contributed by atoms with Gasteiger partial charge in [-0.15, -0.1) is 0 Å². The number of aromatic nitrogens is 2. The molecular weight excluding hydrogens is 461 g/mol. The molecule has 2 unspecified atom stereocenters. The van der Waals surface area contributed by atoms with Crippen molar-refractivity contribution >= 4 is 16.9 Å². The molecule has 184 valence electrons. The van der Waals surface area contributed by atoms with Crippen LogP contribution in [0.15, 0.2) is 53.1 Å². The fourth-order valence-corrected chi connectivity index (χ4v) is 4.19. The number of hydrogen-bond acceptors (Lipinski definition) is 4. The summed E-state index contributed by atoms with van der Waals surface area (Å²) in [6.07, 6.45) is -3.23. The van der Waals surface area contributed by atoms with E-state index in [1.807, 2.05) is 31.3 Å². The van der Waals surface area contributed by atoms with Crippen molar-refractivity contribution in [3.8, 4) is 11.5 Å². The number of aliphatic carboxylic acids is 1. The summed E-state index contributed by atoms with van der Waals surface area (Å²) in [5, 5.41) is 10.3. The number of oxazole rings is 1. The smallest absolute Gasteiger partial charge is 0.416 e. The molecule has 35 heavy (non-hydrogen) atoms. The van der Waals surface area contributed by atoms with Crippen LogP contribution in [-0.4, -0.2) is 33.8 Å². The number of rotatable bonds is 8. The average Bonchev–Trinajstić information content (AvgIpc) is 3.41. The molecule has 0 bridgehead atoms. The maximum absolute atomic E-state index is 12.9. The Morgan fingerprint density at radius 3 is 2.54 bits per heavy atom. The number of fused-ring (bicyclic) bond motifs is 1. The van der Waals surface area contributed by atoms with E-state index in [1.54, 1.807) is 13.8 Å². The monoisotopic (exact) mass is 486 g/mol. The molecule has 0 aliphatic rings. The first kappa shape index (κ1) is 24.5. The summed E-state index contributed by atoms with van der Waals surface area (Å²) in [7, 11) is 0. The van der Waals surface area contributed by atoms with Crippen LogP contribution < -0.4 is 0 Å². The summed E-state index contributed by atoms with van der Waals surface area (Å²) in [6.45, 7) is 5.80. The first-order valence-corrected chi connectivity index (χ1v) is 11.2. The van der Waals surface area contributed by atoms with E-state index in [9.17, 15) is 23.1 Å². The normalized spacial score (nSPS) is 13.8. The van der Waals surface area contributed by atoms with Gasteiger partial charge < -0.3 is 19.2 Å². The van der Waals surface area contributed by atoms with Gasteiger partial charge in [-0.2, -0.15) is 13.2 Å². The van der Waals surface area contributed by atoms with Crippen LogP contribution in [0.1, 0.15) is 47.9 Å². The van der Waals surface area contributed by atoms with Crippen molar-refractivity contribution in [1.29, 1.82) is 0 Å². The quantitative estimate of drug-likeness (QED) is 0.304. The van der Waals surface area contributed by atoms with Crippen LogP contribution in [-0.2, 0) is 22.1 Å². The minimum atomic E-state index is -4.41. The largest absolute Gasteiger partial charge is 0.479 e. The molecule has 2 atom stereocenters. The van der Waals surface area contributed by atoms with Gasteiger partial charge in [0.1, 0.15) is 5.76 Å². The predicted molar refractivity (Wildman–Crippen MR) is 124 cm³/mol. The third kappa shape index (κ3) is 5.09. The van der Waals surface area contributed by atoms with Crippen molar-refractivity contribution in [3.05, 3.63) is 76.8 Å². The molecule has 0 fully saturated rings. The van der Waals surface area contributed by atoms with Crippen LogP contribution in [0.3, 0.4) is 0 Å². The number of nitrogens with one attached hydrogen (secondary N) is 1. The molecule has 2 aromatic carbocycles. The van der Waals surface area contributed by atoms with Gasteiger partial charge >= 0.3 is 12.1 Å². The number of carboxylic acid groups (broad SMARTS) is 1. The number of ether oxygens (including phenoxy) is 1. The second-order valence-corrected chi connectivity index (χ2v) is 8.37. The number of halogens is 3. The van der Waals surface area contributed by atoms with E-state index < -0.39 is 23.8 Å². The number of aromatic amines is 1. The molecule has 9 heteroatoms. The van der Waals surface area contributed by atoms with Gasteiger partial charge in [0.25, 0.3) is 0 Å². The molecule has 2 N–H and O–H groups in total. The predicted octanol–water partition coefficient (Wildman–Crippen LogP) is 6.33. The molecule has 0 saturated carbocycles. The molecule has 4 rings (SSSR count). The molecule has 0 aliphatic carbocycles. The van der Waals surface area contributed by atoms with E-state index in [-0.39, 0.29) is 18.2 Å². The molecule has 0 amide bonds. The maximum atomic E-state index is 12.9. The first-order valence-electron chi connectivity index (χ1n) is 11.2. The second-order valence-electron chi connectivity index (χ2n) is 8.37. The molecular formula is C26H25F3N2O4. The molecule has 0 radical (unpaired) electrons. The minimum Gasteiger partial charge on any atom is -0.479 e. The van der Waals surface area contributed by atoms with Crippen LogP contribution in [0.25, 0.3) is 22.4 Å². The average molecular weight is 486 g/mol. The lowest BCUT2D eigenvalue weighted by Gasteiger charge is -2.13. The van der Waals surface area contributed by atoms with Crippen LogP contribution in [0, 0.1) is 6.92 Å². The zero-order chi connectivity index (χ0) is 25.3. The summed E-state index contributed by atoms with van der Waals surface area (Å²) >= 11 is 0. The number of hydrogen-bond donors (Lipinski definition) is 2. The zero-order valence-corrected chi connectivity index (χ0v) is 19.4. The molecule has 2 heterocycles. The highest BCUT2D eigenvalue weighted by molar-refractivity contribution is 5.85. The van der Waals surface area contributed by atoms with Gasteiger partial charge in [0, 0.05) is 41.6 Å². The van der Waals surface area contributed by atoms with Crippen LogP contribution in [0.5, 0.6) is 0 Å². The Kier molecular flexibility index (Phi) is 6.71. The highest BCUT2D eigenvalue weighted by Crippen LogP contribution is 2.35. The van der Waals surface area contributed by atoms with Crippen molar-refractivity contribution in [3.63, 3.8) is 0 Å². The summed E-state index contributed by atoms with van der Waals surface area (Å²) in [6, 6.07) is 10.4. The minimum absolute atomic E-state index is 0.187. The van der Waals surface area contributed by atoms with Crippen molar-refractivity contribution in [2.75, 3.05) is 6.61 Å². The highest BCUT2D eigenvalue weighted by atomic mass is 19.4. The van der Waals surface area contributed by atoms with Gasteiger partial charge in [0.05, 0.1) is 11.3 Å². The molecule has 0 aliphatic heterocycles. The number of aryl methyl sites for hydroxylation is 1. The molecule has 2 aromatic heterocycles. The van der Waals surface area contributed by atoms with Crippen LogP contribution in [0.2, 0.25) is 0 Å². The Bertz CT molecular complexity index is 1340. The van der Waals surface area contributed by atoms with Gasteiger partial charge in [-0.05, 0) is 61.4 Å². The van der Waals surface area contributed by atoms with E-state index in [4.69, 9.17) is 9.15 Å². The standard InChI is InChI=1S/C26H25F3N2O4/c1-4-34-22(25(32)33)12-16-5-10-21-19(11-16)20(13-30-21)14(2)23-15(3)35-24(31-23)17-6-8-18(9-7-17)26(27,28)29/h5-11,13-14,22,30H,4,12H2,1-3H3,(H,32,33). The highest BCUT2D eigenvalue weighted by Gasteiger charge is 2.30. The molecule has 0 saturated heterocycles. The lowest BCUT2D eigenvalue weighted by molar-refractivity contribution is -0.150. The van der Waals surface area contributed by atoms with E-state index in [0.717, 1.165) is 34.2 Å². The Morgan fingerprint density at radius 2 is 1.91 bits per heavy atom. The SMILES string of the molecule is CCOC(Cc1ccc2[nH]cc(C(C)c3nc(-c4ccc(C(F)(F)F)cc4)oc3C)c2c1)C(=O)O. The van der Waals surface area contributed by atoms with Gasteiger partial charge in [-0.25, -0.2) is 9.78 Å². The lowest BCUT2D eigenvalue weighted by Crippen LogP contribution is -2.26. The summed E-state index contributed by atoms with van der Waals surface area (Å²) in [5.74, 6) is -0.378. The van der Waals surface area contributed by atoms with E-state index in [0.29, 0.717) is 23.6 Å². The van der Waals surface area contributed by atoms with Gasteiger partial charge in [0.15, 0.2) is 6.10 Å². The fraction of sp³-hybridized carbons (Fsp3) is 0.308. The van der Waals surface area contributed by atoms with Crippen molar-refractivity contribution in [2.45, 2.75) is 45.4 Å².